The van der Waals surface area contributed by atoms with E-state index in [0.29, 0.717) is 5.76 Å². The average Bonchev–Trinajstić information content (AvgIpc) is 2.78. The van der Waals surface area contributed by atoms with E-state index < -0.39 is 4.92 Å². The van der Waals surface area contributed by atoms with E-state index in [1.807, 2.05) is 25.1 Å². The second-order valence-corrected chi connectivity index (χ2v) is 5.20. The minimum absolute atomic E-state index is 0.0620. The molecule has 5 heteroatoms. The van der Waals surface area contributed by atoms with Gasteiger partial charge in [0.1, 0.15) is 10.7 Å². The van der Waals surface area contributed by atoms with Crippen molar-refractivity contribution >= 4 is 21.8 Å². The van der Waals surface area contributed by atoms with Crippen molar-refractivity contribution < 1.29 is 9.34 Å². The van der Waals surface area contributed by atoms with Crippen molar-refractivity contribution in [2.45, 2.75) is 18.2 Å². The first-order chi connectivity index (χ1) is 8.56. The number of alkyl halides is 1. The van der Waals surface area contributed by atoms with E-state index in [4.69, 9.17) is 4.42 Å². The Hall–Kier alpha value is -1.62. The van der Waals surface area contributed by atoms with Crippen LogP contribution in [-0.4, -0.2) is 4.92 Å². The van der Waals surface area contributed by atoms with Crippen molar-refractivity contribution in [2.24, 2.45) is 0 Å². The van der Waals surface area contributed by atoms with Crippen LogP contribution in [0.2, 0.25) is 0 Å². The van der Waals surface area contributed by atoms with Gasteiger partial charge in [0.25, 0.3) is 0 Å². The predicted molar refractivity (Wildman–Crippen MR) is 71.9 cm³/mol. The second-order valence-electron chi connectivity index (χ2n) is 4.09. The third-order valence-electron chi connectivity index (χ3n) is 2.60. The molecular formula is C13H12BrNO3. The van der Waals surface area contributed by atoms with Gasteiger partial charge in [0.05, 0.1) is 10.9 Å². The molecule has 2 rings (SSSR count). The van der Waals surface area contributed by atoms with Crippen molar-refractivity contribution in [2.75, 3.05) is 0 Å². The summed E-state index contributed by atoms with van der Waals surface area (Å²) in [5.41, 5.74) is 2.36. The van der Waals surface area contributed by atoms with Gasteiger partial charge < -0.3 is 4.42 Å². The van der Waals surface area contributed by atoms with Gasteiger partial charge in [-0.25, -0.2) is 0 Å². The predicted octanol–water partition coefficient (Wildman–Crippen LogP) is 4.17. The number of hydrogen-bond acceptors (Lipinski definition) is 3. The van der Waals surface area contributed by atoms with E-state index in [2.05, 4.69) is 22.0 Å². The Morgan fingerprint density at radius 3 is 2.78 bits per heavy atom. The number of furan rings is 1. The van der Waals surface area contributed by atoms with Gasteiger partial charge >= 0.3 is 5.88 Å². The first-order valence-corrected chi connectivity index (χ1v) is 6.41. The number of rotatable bonds is 4. The summed E-state index contributed by atoms with van der Waals surface area (Å²) in [4.78, 5) is 9.94. The second kappa shape index (κ2) is 5.35. The highest BCUT2D eigenvalue weighted by molar-refractivity contribution is 9.09. The van der Waals surface area contributed by atoms with Gasteiger partial charge in [0, 0.05) is 0 Å². The Kier molecular flexibility index (Phi) is 3.81. The lowest BCUT2D eigenvalue weighted by Crippen LogP contribution is -1.94. The summed E-state index contributed by atoms with van der Waals surface area (Å²) < 4.78 is 5.16. The number of nitrogens with zero attached hydrogens (tertiary/aromatic N) is 1. The first kappa shape index (κ1) is 12.8. The average molecular weight is 310 g/mol. The number of nitro groups is 1. The van der Waals surface area contributed by atoms with Crippen molar-refractivity contribution in [3.63, 3.8) is 0 Å². The number of hydrogen-bond donors (Lipinski definition) is 0. The van der Waals surface area contributed by atoms with Crippen LogP contribution < -0.4 is 0 Å². The third-order valence-corrected chi connectivity index (χ3v) is 3.37. The van der Waals surface area contributed by atoms with E-state index in [-0.39, 0.29) is 10.7 Å². The van der Waals surface area contributed by atoms with Gasteiger partial charge in [0.15, 0.2) is 0 Å². The van der Waals surface area contributed by atoms with Gasteiger partial charge in [0.2, 0.25) is 0 Å². The molecule has 18 heavy (non-hydrogen) atoms. The molecule has 0 N–H and O–H groups in total. The molecule has 1 atom stereocenters. The fraction of sp³-hybridized carbons (Fsp3) is 0.231. The Morgan fingerprint density at radius 1 is 1.39 bits per heavy atom. The minimum atomic E-state index is -0.532. The molecule has 0 spiro atoms. The molecule has 1 heterocycles. The molecule has 0 radical (unpaired) electrons. The van der Waals surface area contributed by atoms with Crippen LogP contribution in [0.1, 0.15) is 21.7 Å². The minimum Gasteiger partial charge on any atom is -0.405 e. The number of benzene rings is 1. The maximum atomic E-state index is 10.5. The Balaban J connectivity index is 2.11. The van der Waals surface area contributed by atoms with E-state index >= 15 is 0 Å². The van der Waals surface area contributed by atoms with Crippen LogP contribution in [0.15, 0.2) is 40.8 Å². The van der Waals surface area contributed by atoms with Crippen molar-refractivity contribution in [3.8, 4) is 0 Å². The maximum absolute atomic E-state index is 10.5. The van der Waals surface area contributed by atoms with Gasteiger partial charge in [-0.15, -0.1) is 0 Å². The van der Waals surface area contributed by atoms with Crippen LogP contribution in [0.25, 0.3) is 0 Å². The molecule has 4 nitrogen and oxygen atoms in total. The van der Waals surface area contributed by atoms with Crippen LogP contribution in [0.4, 0.5) is 5.88 Å². The topological polar surface area (TPSA) is 56.3 Å². The Bertz CT molecular complexity index is 565. The zero-order valence-corrected chi connectivity index (χ0v) is 11.4. The smallest absolute Gasteiger partial charge is 0.405 e. The largest absolute Gasteiger partial charge is 0.433 e. The highest BCUT2D eigenvalue weighted by atomic mass is 79.9. The summed E-state index contributed by atoms with van der Waals surface area (Å²) in [7, 11) is 0. The molecule has 0 aliphatic carbocycles. The van der Waals surface area contributed by atoms with E-state index in [1.54, 1.807) is 6.07 Å². The van der Waals surface area contributed by atoms with Crippen molar-refractivity contribution in [1.82, 2.24) is 0 Å². The van der Waals surface area contributed by atoms with Gasteiger partial charge in [-0.2, -0.15) is 0 Å². The summed E-state index contributed by atoms with van der Waals surface area (Å²) in [6, 6.07) is 11.1. The zero-order valence-electron chi connectivity index (χ0n) is 9.80. The van der Waals surface area contributed by atoms with Gasteiger partial charge in [-0.1, -0.05) is 45.8 Å². The summed E-state index contributed by atoms with van der Waals surface area (Å²) in [5.74, 6) is 0.349. The SMILES string of the molecule is Cc1cccc(CC(Br)c2ccc([N+](=O)[O-])o2)c1. The molecular weight excluding hydrogens is 298 g/mol. The summed E-state index contributed by atoms with van der Waals surface area (Å²) in [5, 5.41) is 10.5. The quantitative estimate of drug-likeness (QED) is 0.484. The van der Waals surface area contributed by atoms with Crippen LogP contribution in [0.5, 0.6) is 0 Å². The number of aryl methyl sites for hydroxylation is 1. The zero-order chi connectivity index (χ0) is 13.1. The third kappa shape index (κ3) is 2.98. The van der Waals surface area contributed by atoms with Crippen LogP contribution in [0.3, 0.4) is 0 Å². The van der Waals surface area contributed by atoms with Crippen LogP contribution in [-0.2, 0) is 6.42 Å². The fourth-order valence-corrected chi connectivity index (χ4v) is 2.38. The fourth-order valence-electron chi connectivity index (χ4n) is 1.76. The Morgan fingerprint density at radius 2 is 2.17 bits per heavy atom. The van der Waals surface area contributed by atoms with Crippen LogP contribution in [0, 0.1) is 17.0 Å². The molecule has 94 valence electrons. The van der Waals surface area contributed by atoms with E-state index in [9.17, 15) is 10.1 Å². The van der Waals surface area contributed by atoms with Crippen LogP contribution >= 0.6 is 15.9 Å². The molecule has 0 saturated heterocycles. The molecule has 0 aliphatic heterocycles. The molecule has 1 aromatic heterocycles. The lowest BCUT2D eigenvalue weighted by atomic mass is 10.1. The molecule has 0 aliphatic rings. The Labute approximate surface area is 113 Å². The lowest BCUT2D eigenvalue weighted by molar-refractivity contribution is -0.402. The highest BCUT2D eigenvalue weighted by Crippen LogP contribution is 2.30. The molecule has 2 aromatic rings. The standard InChI is InChI=1S/C13H12BrNO3/c1-9-3-2-4-10(7-9)8-11(14)12-5-6-13(18-12)15(16)17/h2-7,11H,8H2,1H3. The number of halogens is 1. The molecule has 0 fully saturated rings. The first-order valence-electron chi connectivity index (χ1n) is 5.50. The highest BCUT2D eigenvalue weighted by Gasteiger charge is 2.17. The van der Waals surface area contributed by atoms with E-state index in [1.165, 1.54) is 11.6 Å². The summed E-state index contributed by atoms with van der Waals surface area (Å²) >= 11 is 3.49. The van der Waals surface area contributed by atoms with E-state index in [0.717, 1.165) is 12.0 Å². The molecule has 0 saturated carbocycles. The maximum Gasteiger partial charge on any atom is 0.433 e. The van der Waals surface area contributed by atoms with Gasteiger partial charge in [-0.3, -0.25) is 10.1 Å². The molecule has 1 aromatic carbocycles. The monoisotopic (exact) mass is 309 g/mol. The molecule has 1 unspecified atom stereocenters. The van der Waals surface area contributed by atoms with Crippen molar-refractivity contribution in [1.29, 1.82) is 0 Å². The van der Waals surface area contributed by atoms with Gasteiger partial charge in [-0.05, 0) is 25.0 Å². The lowest BCUT2D eigenvalue weighted by Gasteiger charge is -2.07. The van der Waals surface area contributed by atoms with Crippen molar-refractivity contribution in [3.05, 3.63) is 63.4 Å². The summed E-state index contributed by atoms with van der Waals surface area (Å²) in [6.07, 6.45) is 0.729. The molecule has 0 bridgehead atoms. The summed E-state index contributed by atoms with van der Waals surface area (Å²) in [6.45, 7) is 2.03. The normalized spacial score (nSPS) is 12.3. The molecule has 0 amide bonds.